The van der Waals surface area contributed by atoms with Crippen LogP contribution in [0.4, 0.5) is 5.69 Å². The monoisotopic (exact) mass is 262 g/mol. The number of hydrogen-bond donors (Lipinski definition) is 1. The molecule has 1 aromatic carbocycles. The number of amides is 1. The van der Waals surface area contributed by atoms with E-state index in [9.17, 15) is 4.79 Å². The highest BCUT2D eigenvalue weighted by Gasteiger charge is 2.23. The number of ether oxygens (including phenoxy) is 1. The van der Waals surface area contributed by atoms with Crippen LogP contribution in [0.15, 0.2) is 29.4 Å². The van der Waals surface area contributed by atoms with Crippen molar-refractivity contribution in [3.05, 3.63) is 29.8 Å². The molecule has 5 heteroatoms. The first-order valence-electron chi connectivity index (χ1n) is 6.37. The quantitative estimate of drug-likeness (QED) is 0.669. The lowest BCUT2D eigenvalue weighted by Gasteiger charge is -2.22. The number of anilines is 1. The Labute approximate surface area is 112 Å². The first-order chi connectivity index (χ1) is 9.27. The summed E-state index contributed by atoms with van der Waals surface area (Å²) >= 11 is 0. The van der Waals surface area contributed by atoms with Gasteiger partial charge in [-0.25, -0.2) is 0 Å². The van der Waals surface area contributed by atoms with E-state index in [2.05, 4.69) is 5.16 Å². The second kappa shape index (κ2) is 6.33. The van der Waals surface area contributed by atoms with Crippen molar-refractivity contribution in [2.24, 2.45) is 5.16 Å². The third-order valence-electron chi connectivity index (χ3n) is 3.24. The number of carbonyl (C=O) groups excluding carboxylic acids is 1. The standard InChI is InChI=1S/C14H18N2O3/c1-19-10-8-14(17)16-9-4-6-12(15-18)11-5-2-3-7-13(11)16/h2-3,5,7,18H,4,6,8-10H2,1H3/b15-12-. The minimum absolute atomic E-state index is 0.0356. The summed E-state index contributed by atoms with van der Waals surface area (Å²) in [5, 5.41) is 12.5. The van der Waals surface area contributed by atoms with E-state index in [4.69, 9.17) is 9.94 Å². The minimum atomic E-state index is 0.0356. The molecule has 1 aromatic rings. The Morgan fingerprint density at radius 2 is 2.26 bits per heavy atom. The average Bonchev–Trinajstić information content (AvgIpc) is 2.64. The van der Waals surface area contributed by atoms with Gasteiger partial charge in [-0.15, -0.1) is 0 Å². The second-order valence-corrected chi connectivity index (χ2v) is 4.46. The second-order valence-electron chi connectivity index (χ2n) is 4.46. The van der Waals surface area contributed by atoms with Gasteiger partial charge in [0.1, 0.15) is 0 Å². The molecule has 2 rings (SSSR count). The Bertz CT molecular complexity index is 485. The number of rotatable bonds is 3. The number of para-hydroxylation sites is 1. The van der Waals surface area contributed by atoms with E-state index in [-0.39, 0.29) is 5.91 Å². The average molecular weight is 262 g/mol. The highest BCUT2D eigenvalue weighted by atomic mass is 16.5. The van der Waals surface area contributed by atoms with E-state index < -0.39 is 0 Å². The van der Waals surface area contributed by atoms with Crippen LogP contribution in [-0.2, 0) is 9.53 Å². The Balaban J connectivity index is 2.33. The molecule has 1 aliphatic rings. The molecule has 102 valence electrons. The molecule has 0 saturated heterocycles. The van der Waals surface area contributed by atoms with Gasteiger partial charge in [-0.1, -0.05) is 23.4 Å². The maximum atomic E-state index is 12.2. The molecule has 5 nitrogen and oxygen atoms in total. The molecule has 1 aliphatic heterocycles. The van der Waals surface area contributed by atoms with Crippen LogP contribution in [-0.4, -0.2) is 37.1 Å². The van der Waals surface area contributed by atoms with Crippen LogP contribution in [0.2, 0.25) is 0 Å². The summed E-state index contributed by atoms with van der Waals surface area (Å²) in [5.74, 6) is 0.0356. The van der Waals surface area contributed by atoms with Crippen LogP contribution >= 0.6 is 0 Å². The highest BCUT2D eigenvalue weighted by molar-refractivity contribution is 6.09. The topological polar surface area (TPSA) is 62.1 Å². The molecule has 1 amide bonds. The maximum Gasteiger partial charge on any atom is 0.229 e. The molecule has 0 aliphatic carbocycles. The van der Waals surface area contributed by atoms with Gasteiger partial charge in [0, 0.05) is 19.2 Å². The van der Waals surface area contributed by atoms with Crippen molar-refractivity contribution in [2.45, 2.75) is 19.3 Å². The Hall–Kier alpha value is -1.88. The molecule has 0 unspecified atom stereocenters. The van der Waals surface area contributed by atoms with Crippen LogP contribution < -0.4 is 4.90 Å². The molecule has 0 atom stereocenters. The van der Waals surface area contributed by atoms with Crippen molar-refractivity contribution in [2.75, 3.05) is 25.2 Å². The van der Waals surface area contributed by atoms with Gasteiger partial charge in [0.15, 0.2) is 0 Å². The lowest BCUT2D eigenvalue weighted by molar-refractivity contribution is -0.119. The number of fused-ring (bicyclic) bond motifs is 1. The van der Waals surface area contributed by atoms with Gasteiger partial charge in [0.25, 0.3) is 0 Å². The molecule has 0 spiro atoms. The fraction of sp³-hybridized carbons (Fsp3) is 0.429. The summed E-state index contributed by atoms with van der Waals surface area (Å²) in [4.78, 5) is 14.0. The van der Waals surface area contributed by atoms with Crippen molar-refractivity contribution in [3.8, 4) is 0 Å². The van der Waals surface area contributed by atoms with E-state index in [1.807, 2.05) is 24.3 Å². The zero-order valence-corrected chi connectivity index (χ0v) is 11.0. The fourth-order valence-corrected chi connectivity index (χ4v) is 2.30. The van der Waals surface area contributed by atoms with E-state index >= 15 is 0 Å². The van der Waals surface area contributed by atoms with Crippen molar-refractivity contribution < 1.29 is 14.7 Å². The summed E-state index contributed by atoms with van der Waals surface area (Å²) < 4.78 is 4.95. The van der Waals surface area contributed by atoms with Crippen molar-refractivity contribution >= 4 is 17.3 Å². The number of nitrogens with zero attached hydrogens (tertiary/aromatic N) is 2. The zero-order valence-electron chi connectivity index (χ0n) is 11.0. The molecule has 0 bridgehead atoms. The zero-order chi connectivity index (χ0) is 13.7. The van der Waals surface area contributed by atoms with Crippen molar-refractivity contribution in [1.29, 1.82) is 0 Å². The van der Waals surface area contributed by atoms with E-state index in [0.29, 0.717) is 31.7 Å². The predicted molar refractivity (Wildman–Crippen MR) is 72.8 cm³/mol. The largest absolute Gasteiger partial charge is 0.411 e. The lowest BCUT2D eigenvalue weighted by Crippen LogP contribution is -2.32. The number of carbonyl (C=O) groups is 1. The third-order valence-corrected chi connectivity index (χ3v) is 3.24. The van der Waals surface area contributed by atoms with Gasteiger partial charge in [-0.2, -0.15) is 0 Å². The van der Waals surface area contributed by atoms with Crippen LogP contribution in [0.5, 0.6) is 0 Å². The van der Waals surface area contributed by atoms with Crippen LogP contribution in [0, 0.1) is 0 Å². The summed E-state index contributed by atoms with van der Waals surface area (Å²) in [6, 6.07) is 7.53. The Morgan fingerprint density at radius 3 is 3.00 bits per heavy atom. The van der Waals surface area contributed by atoms with Crippen molar-refractivity contribution in [3.63, 3.8) is 0 Å². The Kier molecular flexibility index (Phi) is 4.52. The van der Waals surface area contributed by atoms with Crippen molar-refractivity contribution in [1.82, 2.24) is 0 Å². The maximum absolute atomic E-state index is 12.2. The molecule has 1 heterocycles. The van der Waals surface area contributed by atoms with Gasteiger partial charge in [-0.3, -0.25) is 4.79 Å². The van der Waals surface area contributed by atoms with Gasteiger partial charge < -0.3 is 14.8 Å². The van der Waals surface area contributed by atoms with Gasteiger partial charge in [0.2, 0.25) is 5.91 Å². The van der Waals surface area contributed by atoms with E-state index in [0.717, 1.165) is 17.7 Å². The Morgan fingerprint density at radius 1 is 1.47 bits per heavy atom. The molecular weight excluding hydrogens is 244 g/mol. The number of oxime groups is 1. The SMILES string of the molecule is COCCC(=O)N1CCC/C(=N/O)c2ccccc21. The molecule has 0 fully saturated rings. The third kappa shape index (κ3) is 2.93. The summed E-state index contributed by atoms with van der Waals surface area (Å²) in [6.45, 7) is 1.05. The van der Waals surface area contributed by atoms with E-state index in [1.54, 1.807) is 12.0 Å². The predicted octanol–water partition coefficient (Wildman–Crippen LogP) is 2.03. The molecule has 0 aromatic heterocycles. The van der Waals surface area contributed by atoms with Gasteiger partial charge >= 0.3 is 0 Å². The first kappa shape index (κ1) is 13.5. The number of methoxy groups -OCH3 is 1. The molecule has 0 saturated carbocycles. The van der Waals surface area contributed by atoms with Gasteiger partial charge in [-0.05, 0) is 18.9 Å². The smallest absolute Gasteiger partial charge is 0.229 e. The fourth-order valence-electron chi connectivity index (χ4n) is 2.30. The normalized spacial score (nSPS) is 17.1. The summed E-state index contributed by atoms with van der Waals surface area (Å²) in [7, 11) is 1.58. The van der Waals surface area contributed by atoms with E-state index in [1.165, 1.54) is 0 Å². The molecular formula is C14H18N2O3. The molecule has 0 radical (unpaired) electrons. The molecule has 1 N–H and O–H groups in total. The summed E-state index contributed by atoms with van der Waals surface area (Å²) in [6.07, 6.45) is 1.81. The number of hydrogen-bond acceptors (Lipinski definition) is 4. The molecule has 19 heavy (non-hydrogen) atoms. The summed E-state index contributed by atoms with van der Waals surface area (Å²) in [5.41, 5.74) is 2.28. The minimum Gasteiger partial charge on any atom is -0.411 e. The van der Waals surface area contributed by atoms with Crippen LogP contribution in [0.25, 0.3) is 0 Å². The van der Waals surface area contributed by atoms with Crippen LogP contribution in [0.1, 0.15) is 24.8 Å². The van der Waals surface area contributed by atoms with Gasteiger partial charge in [0.05, 0.1) is 24.4 Å². The number of benzene rings is 1. The highest BCUT2D eigenvalue weighted by Crippen LogP contribution is 2.27. The lowest BCUT2D eigenvalue weighted by atomic mass is 10.1. The first-order valence-corrected chi connectivity index (χ1v) is 6.37. The van der Waals surface area contributed by atoms with Crippen LogP contribution in [0.3, 0.4) is 0 Å².